The first-order chi connectivity index (χ1) is 19.2. The van der Waals surface area contributed by atoms with Gasteiger partial charge in [0.1, 0.15) is 11.2 Å². The van der Waals surface area contributed by atoms with Gasteiger partial charge in [0.15, 0.2) is 5.82 Å². The predicted molar refractivity (Wildman–Crippen MR) is 137 cm³/mol. The second-order valence-electron chi connectivity index (χ2n) is 10.1. The number of halogens is 1. The number of rotatable bonds is 11. The van der Waals surface area contributed by atoms with Crippen LogP contribution in [-0.2, 0) is 29.6 Å². The fraction of sp³-hybridized carbons (Fsp3) is 0.444. The van der Waals surface area contributed by atoms with Crippen molar-refractivity contribution in [1.29, 1.82) is 0 Å². The molecule has 2 fully saturated rings. The summed E-state index contributed by atoms with van der Waals surface area (Å²) in [5.74, 6) is -3.75. The van der Waals surface area contributed by atoms with E-state index >= 15 is 0 Å². The van der Waals surface area contributed by atoms with E-state index in [1.807, 2.05) is 0 Å². The quantitative estimate of drug-likeness (QED) is 0.235. The van der Waals surface area contributed by atoms with Crippen molar-refractivity contribution in [3.8, 4) is 28.7 Å². The lowest BCUT2D eigenvalue weighted by atomic mass is 9.91. The Morgan fingerprint density at radius 2 is 1.90 bits per heavy atom. The number of aliphatic hydroxyl groups excluding tert-OH is 1. The highest BCUT2D eigenvalue weighted by atomic mass is 19.1. The summed E-state index contributed by atoms with van der Waals surface area (Å²) in [7, 11) is 0. The molecule has 0 spiro atoms. The molecule has 1 saturated heterocycles. The number of aliphatic hydroxyl groups is 1. The van der Waals surface area contributed by atoms with E-state index in [1.165, 1.54) is 30.5 Å². The molecule has 12 nitrogen and oxygen atoms in total. The number of esters is 1. The van der Waals surface area contributed by atoms with E-state index in [2.05, 4.69) is 19.9 Å². The number of nitrogens with one attached hydrogen (secondary N) is 1. The maximum Gasteiger partial charge on any atom is 0.316 e. The summed E-state index contributed by atoms with van der Waals surface area (Å²) in [6.45, 7) is 1.69. The summed E-state index contributed by atoms with van der Waals surface area (Å²) in [5, 5.41) is 9.02. The van der Waals surface area contributed by atoms with Crippen molar-refractivity contribution < 1.29 is 38.0 Å². The van der Waals surface area contributed by atoms with E-state index in [0.717, 1.165) is 12.8 Å². The molecule has 40 heavy (non-hydrogen) atoms. The zero-order valence-corrected chi connectivity index (χ0v) is 21.9. The van der Waals surface area contributed by atoms with Gasteiger partial charge in [0, 0.05) is 24.8 Å². The monoisotopic (exact) mass is 555 g/mol. The molecule has 5 rings (SSSR count). The molecule has 3 aromatic rings. The zero-order chi connectivity index (χ0) is 28.3. The average molecular weight is 556 g/mol. The number of nitrogens with zero attached hydrogens (tertiary/aromatic N) is 3. The van der Waals surface area contributed by atoms with E-state index in [9.17, 15) is 14.0 Å². The minimum absolute atomic E-state index is 0.0508. The van der Waals surface area contributed by atoms with Crippen LogP contribution in [0.25, 0.3) is 22.6 Å². The van der Waals surface area contributed by atoms with Crippen molar-refractivity contribution in [2.45, 2.75) is 32.0 Å². The number of carbonyl (C=O) groups is 2. The Morgan fingerprint density at radius 1 is 1.18 bits per heavy atom. The van der Waals surface area contributed by atoms with Crippen LogP contribution in [0.1, 0.15) is 32.0 Å². The molecule has 0 unspecified atom stereocenters. The van der Waals surface area contributed by atoms with Gasteiger partial charge in [-0.05, 0) is 56.0 Å². The topological polar surface area (TPSA) is 172 Å². The number of ether oxygens (including phenoxy) is 4. The van der Waals surface area contributed by atoms with Crippen molar-refractivity contribution in [3.05, 3.63) is 48.2 Å². The Hall–Kier alpha value is -3.94. The van der Waals surface area contributed by atoms with Crippen LogP contribution in [0.2, 0.25) is 0 Å². The first-order valence-corrected chi connectivity index (χ1v) is 12.9. The van der Waals surface area contributed by atoms with Crippen LogP contribution in [0.3, 0.4) is 0 Å². The van der Waals surface area contributed by atoms with Gasteiger partial charge in [-0.25, -0.2) is 14.4 Å². The largest absolute Gasteiger partial charge is 0.465 e. The lowest BCUT2D eigenvalue weighted by Gasteiger charge is -2.40. The van der Waals surface area contributed by atoms with Crippen molar-refractivity contribution in [2.75, 3.05) is 33.0 Å². The van der Waals surface area contributed by atoms with Crippen LogP contribution in [0.15, 0.2) is 36.5 Å². The molecule has 212 valence electrons. The Morgan fingerprint density at radius 3 is 2.55 bits per heavy atom. The smallest absolute Gasteiger partial charge is 0.316 e. The van der Waals surface area contributed by atoms with Crippen molar-refractivity contribution in [3.63, 3.8) is 0 Å². The van der Waals surface area contributed by atoms with E-state index < -0.39 is 28.9 Å². The molecular formula is C27H30FN5O7. The number of carbonyl (C=O) groups excluding carboxylic acids is 2. The molecule has 1 amide bonds. The number of primary amides is 1. The van der Waals surface area contributed by atoms with E-state index in [1.54, 1.807) is 13.0 Å². The Bertz CT molecular complexity index is 1370. The molecule has 2 aliphatic rings. The molecule has 0 radical (unpaired) electrons. The summed E-state index contributed by atoms with van der Waals surface area (Å²) < 4.78 is 36.4. The Kier molecular flexibility index (Phi) is 7.79. The van der Waals surface area contributed by atoms with Gasteiger partial charge in [-0.3, -0.25) is 9.59 Å². The minimum Gasteiger partial charge on any atom is -0.465 e. The lowest BCUT2D eigenvalue weighted by Crippen LogP contribution is -2.56. The number of benzene rings is 1. The highest BCUT2D eigenvalue weighted by molar-refractivity contribution is 5.85. The van der Waals surface area contributed by atoms with E-state index in [0.29, 0.717) is 41.6 Å². The Balaban J connectivity index is 1.49. The maximum absolute atomic E-state index is 13.7. The third-order valence-corrected chi connectivity index (χ3v) is 6.71. The molecule has 4 N–H and O–H groups in total. The number of hydrogen-bond donors (Lipinski definition) is 3. The molecule has 0 atom stereocenters. The zero-order valence-electron chi connectivity index (χ0n) is 21.9. The number of aromatic amines is 1. The molecular weight excluding hydrogens is 525 g/mol. The molecule has 0 bridgehead atoms. The van der Waals surface area contributed by atoms with Gasteiger partial charge in [0.2, 0.25) is 0 Å². The van der Waals surface area contributed by atoms with Crippen LogP contribution in [0, 0.1) is 17.2 Å². The fourth-order valence-electron chi connectivity index (χ4n) is 4.08. The van der Waals surface area contributed by atoms with Gasteiger partial charge in [0.25, 0.3) is 5.91 Å². The maximum atomic E-state index is 13.7. The van der Waals surface area contributed by atoms with Crippen LogP contribution < -0.4 is 10.5 Å². The summed E-state index contributed by atoms with van der Waals surface area (Å²) in [6, 6.07) is 7.23. The predicted octanol–water partition coefficient (Wildman–Crippen LogP) is 2.08. The van der Waals surface area contributed by atoms with Crippen LogP contribution in [-0.4, -0.2) is 70.0 Å². The van der Waals surface area contributed by atoms with Gasteiger partial charge in [0.05, 0.1) is 43.5 Å². The van der Waals surface area contributed by atoms with Crippen LogP contribution in [0.4, 0.5) is 4.39 Å². The van der Waals surface area contributed by atoms with Gasteiger partial charge in [-0.15, -0.1) is 0 Å². The first kappa shape index (κ1) is 27.6. The molecule has 2 aromatic heterocycles. The highest BCUT2D eigenvalue weighted by Crippen LogP contribution is 2.40. The summed E-state index contributed by atoms with van der Waals surface area (Å²) in [6.07, 6.45) is 3.93. The van der Waals surface area contributed by atoms with Gasteiger partial charge >= 0.3 is 17.8 Å². The number of hydrogen-bond acceptors (Lipinski definition) is 10. The number of imidazole rings is 1. The average Bonchev–Trinajstić information content (AvgIpc) is 3.68. The molecule has 1 aliphatic heterocycles. The second-order valence-corrected chi connectivity index (χ2v) is 10.1. The van der Waals surface area contributed by atoms with E-state index in [4.69, 9.17) is 29.8 Å². The normalized spacial score (nSPS) is 22.6. The Labute approximate surface area is 229 Å². The molecule has 3 heterocycles. The van der Waals surface area contributed by atoms with Crippen molar-refractivity contribution in [1.82, 2.24) is 19.9 Å². The number of H-pyrrole nitrogens is 1. The summed E-state index contributed by atoms with van der Waals surface area (Å²) in [4.78, 5) is 41.7. The number of aromatic nitrogens is 4. The van der Waals surface area contributed by atoms with Crippen molar-refractivity contribution >= 4 is 11.9 Å². The number of nitrogens with two attached hydrogens (primary N) is 1. The first-order valence-electron chi connectivity index (χ1n) is 12.9. The summed E-state index contributed by atoms with van der Waals surface area (Å²) >= 11 is 0. The third-order valence-electron chi connectivity index (χ3n) is 6.71. The van der Waals surface area contributed by atoms with E-state index in [-0.39, 0.29) is 38.3 Å². The number of amides is 1. The third kappa shape index (κ3) is 5.67. The minimum atomic E-state index is -2.14. The van der Waals surface area contributed by atoms with Crippen molar-refractivity contribution in [2.24, 2.45) is 17.1 Å². The SMILES string of the molecule is CC1(C(=O)OCC2CC2)COC(C(N)=O)(c2nc(-c3ccc(F)cc3)c(-c3ccnc(OCCCO)n3)[nH]2)OC1. The highest BCUT2D eigenvalue weighted by Gasteiger charge is 2.54. The molecule has 1 aromatic carbocycles. The van der Waals surface area contributed by atoms with Gasteiger partial charge in [-0.1, -0.05) is 0 Å². The molecule has 13 heteroatoms. The van der Waals surface area contributed by atoms with Gasteiger partial charge < -0.3 is 34.8 Å². The van der Waals surface area contributed by atoms with Crippen LogP contribution >= 0.6 is 0 Å². The second kappa shape index (κ2) is 11.3. The van der Waals surface area contributed by atoms with Gasteiger partial charge in [-0.2, -0.15) is 4.98 Å². The fourth-order valence-corrected chi connectivity index (χ4v) is 4.08. The lowest BCUT2D eigenvalue weighted by molar-refractivity contribution is -0.293. The summed E-state index contributed by atoms with van der Waals surface area (Å²) in [5.41, 5.74) is 6.10. The molecule has 1 aliphatic carbocycles. The molecule has 1 saturated carbocycles. The van der Waals surface area contributed by atoms with Crippen LogP contribution in [0.5, 0.6) is 6.01 Å². The standard InChI is InChI=1S/C27H30FN5O7/c1-26(24(36)38-13-16-3-4-16)14-39-27(22(29)35,40-15-26)23-32-20(17-5-7-18(28)8-6-17)21(33-23)19-9-10-30-25(31-19)37-12-2-11-34/h5-10,16,34H,2-4,11-15H2,1H3,(H2,29,35)(H,32,33).